The summed E-state index contributed by atoms with van der Waals surface area (Å²) in [5.41, 5.74) is 6.21. The number of nitrogen functional groups attached to an aromatic ring is 1. The van der Waals surface area contributed by atoms with Crippen LogP contribution in [0.15, 0.2) is 30.6 Å². The van der Waals surface area contributed by atoms with Gasteiger partial charge in [-0.2, -0.15) is 0 Å². The van der Waals surface area contributed by atoms with Crippen molar-refractivity contribution in [1.82, 2.24) is 9.97 Å². The van der Waals surface area contributed by atoms with Crippen molar-refractivity contribution in [1.29, 1.82) is 0 Å². The summed E-state index contributed by atoms with van der Waals surface area (Å²) in [5, 5.41) is 0. The highest BCUT2D eigenvalue weighted by Crippen LogP contribution is 2.24. The summed E-state index contributed by atoms with van der Waals surface area (Å²) in [6.45, 7) is 0. The van der Waals surface area contributed by atoms with Crippen LogP contribution in [0.25, 0.3) is 11.3 Å². The molecule has 0 aliphatic heterocycles. The Balaban J connectivity index is 2.44. The van der Waals surface area contributed by atoms with Crippen molar-refractivity contribution in [2.45, 2.75) is 0 Å². The number of methoxy groups -OCH3 is 1. The van der Waals surface area contributed by atoms with Crippen LogP contribution in [0, 0.1) is 5.82 Å². The van der Waals surface area contributed by atoms with Gasteiger partial charge >= 0.3 is 0 Å². The molecule has 0 aliphatic rings. The van der Waals surface area contributed by atoms with Crippen LogP contribution in [0.5, 0.6) is 5.75 Å². The molecular weight excluding hydrogens is 209 g/mol. The van der Waals surface area contributed by atoms with Gasteiger partial charge in [-0.15, -0.1) is 0 Å². The lowest BCUT2D eigenvalue weighted by atomic mass is 10.1. The monoisotopic (exact) mass is 219 g/mol. The minimum Gasteiger partial charge on any atom is -0.497 e. The van der Waals surface area contributed by atoms with Crippen molar-refractivity contribution in [3.63, 3.8) is 0 Å². The zero-order valence-corrected chi connectivity index (χ0v) is 8.64. The molecule has 1 aromatic carbocycles. The molecule has 0 saturated carbocycles. The van der Waals surface area contributed by atoms with Crippen molar-refractivity contribution >= 4 is 5.82 Å². The number of halogens is 1. The number of rotatable bonds is 2. The molecule has 2 rings (SSSR count). The molecule has 0 radical (unpaired) electrons. The van der Waals surface area contributed by atoms with Gasteiger partial charge in [-0.3, -0.25) is 4.98 Å². The van der Waals surface area contributed by atoms with Crippen molar-refractivity contribution in [3.05, 3.63) is 36.4 Å². The first-order chi connectivity index (χ1) is 7.70. The minimum absolute atomic E-state index is 0.303. The van der Waals surface area contributed by atoms with Gasteiger partial charge in [-0.25, -0.2) is 9.37 Å². The van der Waals surface area contributed by atoms with E-state index in [0.717, 1.165) is 0 Å². The third kappa shape index (κ3) is 1.93. The van der Waals surface area contributed by atoms with E-state index >= 15 is 0 Å². The van der Waals surface area contributed by atoms with Crippen LogP contribution in [0.2, 0.25) is 0 Å². The van der Waals surface area contributed by atoms with Crippen molar-refractivity contribution in [2.75, 3.05) is 12.8 Å². The van der Waals surface area contributed by atoms with Gasteiger partial charge in [0.1, 0.15) is 17.4 Å². The predicted molar refractivity (Wildman–Crippen MR) is 58.4 cm³/mol. The van der Waals surface area contributed by atoms with Gasteiger partial charge in [0, 0.05) is 11.6 Å². The SMILES string of the molecule is COc1ccc(-c2cnc(N)cn2)c(F)c1. The average molecular weight is 219 g/mol. The molecule has 2 aromatic rings. The number of nitrogens with zero attached hydrogens (tertiary/aromatic N) is 2. The molecule has 0 aliphatic carbocycles. The lowest BCUT2D eigenvalue weighted by Gasteiger charge is -2.04. The van der Waals surface area contributed by atoms with Crippen LogP contribution in [0.1, 0.15) is 0 Å². The van der Waals surface area contributed by atoms with Crippen molar-refractivity contribution in [2.24, 2.45) is 0 Å². The highest BCUT2D eigenvalue weighted by Gasteiger charge is 2.07. The topological polar surface area (TPSA) is 61.0 Å². The molecule has 0 atom stereocenters. The van der Waals surface area contributed by atoms with Crippen LogP contribution < -0.4 is 10.5 Å². The summed E-state index contributed by atoms with van der Waals surface area (Å²) < 4.78 is 18.6. The first kappa shape index (κ1) is 10.4. The summed E-state index contributed by atoms with van der Waals surface area (Å²) >= 11 is 0. The van der Waals surface area contributed by atoms with E-state index in [4.69, 9.17) is 10.5 Å². The average Bonchev–Trinajstić information content (AvgIpc) is 2.30. The molecule has 4 nitrogen and oxygen atoms in total. The van der Waals surface area contributed by atoms with E-state index in [1.54, 1.807) is 12.1 Å². The number of aromatic nitrogens is 2. The molecule has 16 heavy (non-hydrogen) atoms. The Bertz CT molecular complexity index is 499. The number of benzene rings is 1. The van der Waals surface area contributed by atoms with Crippen LogP contribution >= 0.6 is 0 Å². The molecule has 0 bridgehead atoms. The number of ether oxygens (including phenoxy) is 1. The molecule has 0 spiro atoms. The van der Waals surface area contributed by atoms with Gasteiger partial charge in [0.05, 0.1) is 25.2 Å². The fraction of sp³-hybridized carbons (Fsp3) is 0.0909. The standard InChI is InChI=1S/C11H10FN3O/c1-16-7-2-3-8(9(12)4-7)10-5-15-11(13)6-14-10/h2-6H,1H3,(H2,13,15). The highest BCUT2D eigenvalue weighted by atomic mass is 19.1. The summed E-state index contributed by atoms with van der Waals surface area (Å²) in [5.74, 6) is 0.362. The maximum absolute atomic E-state index is 13.6. The second kappa shape index (κ2) is 4.14. The van der Waals surface area contributed by atoms with E-state index in [1.807, 2.05) is 0 Å². The zero-order valence-electron chi connectivity index (χ0n) is 8.64. The molecule has 0 unspecified atom stereocenters. The van der Waals surface area contributed by atoms with E-state index in [2.05, 4.69) is 9.97 Å². The van der Waals surface area contributed by atoms with E-state index < -0.39 is 5.82 Å². The van der Waals surface area contributed by atoms with E-state index in [9.17, 15) is 4.39 Å². The summed E-state index contributed by atoms with van der Waals surface area (Å²) in [4.78, 5) is 7.85. The minimum atomic E-state index is -0.404. The maximum atomic E-state index is 13.6. The van der Waals surface area contributed by atoms with Crippen molar-refractivity contribution < 1.29 is 9.13 Å². The molecule has 5 heteroatoms. The molecule has 1 heterocycles. The Labute approximate surface area is 91.9 Å². The first-order valence-corrected chi connectivity index (χ1v) is 4.62. The number of nitrogens with two attached hydrogens (primary N) is 1. The number of hydrogen-bond donors (Lipinski definition) is 1. The number of anilines is 1. The molecule has 0 saturated heterocycles. The molecule has 0 fully saturated rings. The van der Waals surface area contributed by atoms with E-state index in [-0.39, 0.29) is 0 Å². The van der Waals surface area contributed by atoms with Gasteiger partial charge in [0.25, 0.3) is 0 Å². The Morgan fingerprint density at radius 1 is 1.25 bits per heavy atom. The van der Waals surface area contributed by atoms with Crippen LogP contribution in [0.3, 0.4) is 0 Å². The molecular formula is C11H10FN3O. The smallest absolute Gasteiger partial charge is 0.141 e. The Morgan fingerprint density at radius 2 is 2.06 bits per heavy atom. The van der Waals surface area contributed by atoms with Crippen LogP contribution in [-0.4, -0.2) is 17.1 Å². The van der Waals surface area contributed by atoms with Gasteiger partial charge in [-0.05, 0) is 12.1 Å². The fourth-order valence-corrected chi connectivity index (χ4v) is 1.31. The summed E-state index contributed by atoms with van der Waals surface area (Å²) in [6, 6.07) is 4.55. The Hall–Kier alpha value is -2.17. The van der Waals surface area contributed by atoms with Gasteiger partial charge < -0.3 is 10.5 Å². The van der Waals surface area contributed by atoms with Gasteiger partial charge in [-0.1, -0.05) is 0 Å². The molecule has 82 valence electrons. The van der Waals surface area contributed by atoms with Crippen LogP contribution in [0.4, 0.5) is 10.2 Å². The summed E-state index contributed by atoms with van der Waals surface area (Å²) in [6.07, 6.45) is 2.82. The third-order valence-electron chi connectivity index (χ3n) is 2.12. The van der Waals surface area contributed by atoms with Gasteiger partial charge in [0.2, 0.25) is 0 Å². The normalized spacial score (nSPS) is 10.1. The summed E-state index contributed by atoms with van der Waals surface area (Å²) in [7, 11) is 1.48. The van der Waals surface area contributed by atoms with E-state index in [0.29, 0.717) is 22.8 Å². The highest BCUT2D eigenvalue weighted by molar-refractivity contribution is 5.60. The molecule has 2 N–H and O–H groups in total. The second-order valence-corrected chi connectivity index (χ2v) is 3.17. The Kier molecular flexibility index (Phi) is 2.68. The lowest BCUT2D eigenvalue weighted by Crippen LogP contribution is -1.94. The van der Waals surface area contributed by atoms with Gasteiger partial charge in [0.15, 0.2) is 0 Å². The zero-order chi connectivity index (χ0) is 11.5. The third-order valence-corrected chi connectivity index (χ3v) is 2.12. The predicted octanol–water partition coefficient (Wildman–Crippen LogP) is 1.87. The van der Waals surface area contributed by atoms with Crippen molar-refractivity contribution in [3.8, 4) is 17.0 Å². The lowest BCUT2D eigenvalue weighted by molar-refractivity contribution is 0.411. The maximum Gasteiger partial charge on any atom is 0.141 e. The van der Waals surface area contributed by atoms with E-state index in [1.165, 1.54) is 25.6 Å². The number of hydrogen-bond acceptors (Lipinski definition) is 4. The fourth-order valence-electron chi connectivity index (χ4n) is 1.31. The molecule has 0 amide bonds. The first-order valence-electron chi connectivity index (χ1n) is 4.62. The van der Waals surface area contributed by atoms with Crippen LogP contribution in [-0.2, 0) is 0 Å². The largest absolute Gasteiger partial charge is 0.497 e. The quantitative estimate of drug-likeness (QED) is 0.837. The second-order valence-electron chi connectivity index (χ2n) is 3.17. The molecule has 1 aromatic heterocycles. The Morgan fingerprint density at radius 3 is 2.62 bits per heavy atom.